The number of alkyl halides is 3. The largest absolute Gasteiger partial charge is 0.417 e. The maximum absolute atomic E-state index is 13.3. The number of amides is 2. The van der Waals surface area contributed by atoms with Crippen LogP contribution in [0.3, 0.4) is 0 Å². The molecule has 31 heavy (non-hydrogen) atoms. The highest BCUT2D eigenvalue weighted by molar-refractivity contribution is 5.87. The smallest absolute Gasteiger partial charge is 0.384 e. The molecule has 0 saturated carbocycles. The van der Waals surface area contributed by atoms with Gasteiger partial charge in [0, 0.05) is 32.4 Å². The van der Waals surface area contributed by atoms with Crippen molar-refractivity contribution in [2.45, 2.75) is 37.9 Å². The minimum atomic E-state index is -4.61. The molecule has 1 atom stereocenters. The summed E-state index contributed by atoms with van der Waals surface area (Å²) in [5.41, 5.74) is 4.29. The number of likely N-dealkylation sites (tertiary alicyclic amines) is 1. The summed E-state index contributed by atoms with van der Waals surface area (Å²) in [6.07, 6.45) is -2.76. The van der Waals surface area contributed by atoms with Crippen LogP contribution in [0.5, 0.6) is 0 Å². The van der Waals surface area contributed by atoms with Gasteiger partial charge >= 0.3 is 6.18 Å². The molecule has 2 heterocycles. The van der Waals surface area contributed by atoms with E-state index < -0.39 is 29.3 Å². The fourth-order valence-corrected chi connectivity index (χ4v) is 4.57. The number of halogens is 3. The molecule has 2 amide bonds. The Labute approximate surface area is 178 Å². The molecule has 0 bridgehead atoms. The van der Waals surface area contributed by atoms with E-state index in [0.29, 0.717) is 44.6 Å². The average Bonchev–Trinajstić information content (AvgIpc) is 3.11. The fourth-order valence-electron chi connectivity index (χ4n) is 4.57. The molecule has 1 unspecified atom stereocenters. The van der Waals surface area contributed by atoms with Crippen LogP contribution in [0.25, 0.3) is 0 Å². The maximum atomic E-state index is 13.3. The molecule has 2 saturated heterocycles. The molecule has 7 nitrogen and oxygen atoms in total. The van der Waals surface area contributed by atoms with E-state index in [0.717, 1.165) is 6.07 Å². The summed E-state index contributed by atoms with van der Waals surface area (Å²) in [6.45, 7) is 1.61. The Morgan fingerprint density at radius 3 is 2.55 bits per heavy atom. The summed E-state index contributed by atoms with van der Waals surface area (Å²) >= 11 is 0. The molecule has 2 aliphatic rings. The second-order valence-corrected chi connectivity index (χ2v) is 8.21. The highest BCUT2D eigenvalue weighted by Crippen LogP contribution is 2.45. The molecular formula is C21H25F3N4O3. The van der Waals surface area contributed by atoms with Crippen LogP contribution in [0, 0.1) is 16.7 Å². The zero-order chi connectivity index (χ0) is 22.8. The highest BCUT2D eigenvalue weighted by atomic mass is 19.4. The van der Waals surface area contributed by atoms with Crippen LogP contribution in [0.15, 0.2) is 18.2 Å². The molecular weight excluding hydrogens is 413 g/mol. The van der Waals surface area contributed by atoms with Gasteiger partial charge in [-0.05, 0) is 42.9 Å². The lowest BCUT2D eigenvalue weighted by atomic mass is 9.76. The molecule has 2 fully saturated rings. The van der Waals surface area contributed by atoms with E-state index in [9.17, 15) is 22.8 Å². The highest BCUT2D eigenvalue weighted by Gasteiger charge is 2.49. The first-order valence-corrected chi connectivity index (χ1v) is 10.0. The van der Waals surface area contributed by atoms with Gasteiger partial charge in [0.05, 0.1) is 30.2 Å². The number of carbonyl (C=O) groups excluding carboxylic acids is 2. The molecule has 168 valence electrons. The van der Waals surface area contributed by atoms with Crippen molar-refractivity contribution >= 4 is 17.5 Å². The second kappa shape index (κ2) is 8.75. The van der Waals surface area contributed by atoms with E-state index in [1.54, 1.807) is 6.07 Å². The molecule has 2 N–H and O–H groups in total. The third-order valence-electron chi connectivity index (χ3n) is 6.30. The van der Waals surface area contributed by atoms with Gasteiger partial charge in [0.2, 0.25) is 11.8 Å². The first-order valence-electron chi connectivity index (χ1n) is 10.0. The summed E-state index contributed by atoms with van der Waals surface area (Å²) in [6, 6.07) is 4.64. The predicted octanol–water partition coefficient (Wildman–Crippen LogP) is 2.29. The fraction of sp³-hybridized carbons (Fsp3) is 0.571. The monoisotopic (exact) mass is 438 g/mol. The summed E-state index contributed by atoms with van der Waals surface area (Å²) in [7, 11) is 1.49. The van der Waals surface area contributed by atoms with Crippen LogP contribution < -0.4 is 10.6 Å². The third kappa shape index (κ3) is 4.77. The number of nitrogens with zero attached hydrogens (tertiary/aromatic N) is 3. The predicted molar refractivity (Wildman–Crippen MR) is 106 cm³/mol. The normalized spacial score (nSPS) is 20.7. The van der Waals surface area contributed by atoms with Crippen molar-refractivity contribution in [3.63, 3.8) is 0 Å². The van der Waals surface area contributed by atoms with E-state index >= 15 is 0 Å². The number of hydrogen-bond acceptors (Lipinski definition) is 5. The van der Waals surface area contributed by atoms with Crippen LogP contribution in [0.2, 0.25) is 0 Å². The molecule has 0 aromatic heterocycles. The lowest BCUT2D eigenvalue weighted by Crippen LogP contribution is -2.44. The van der Waals surface area contributed by atoms with Gasteiger partial charge in [0.25, 0.3) is 0 Å². The van der Waals surface area contributed by atoms with E-state index in [4.69, 9.17) is 15.7 Å². The maximum Gasteiger partial charge on any atom is 0.417 e. The lowest BCUT2D eigenvalue weighted by Gasteiger charge is -2.40. The van der Waals surface area contributed by atoms with Gasteiger partial charge in [-0.2, -0.15) is 18.4 Å². The Kier molecular flexibility index (Phi) is 6.46. The molecule has 0 aliphatic carbocycles. The van der Waals surface area contributed by atoms with Crippen molar-refractivity contribution in [2.24, 2.45) is 11.1 Å². The number of benzene rings is 1. The third-order valence-corrected chi connectivity index (χ3v) is 6.30. The number of piperidine rings is 1. The number of carbonyl (C=O) groups is 2. The van der Waals surface area contributed by atoms with Crippen molar-refractivity contribution in [3.05, 3.63) is 29.3 Å². The number of nitrogens with two attached hydrogens (primary N) is 1. The summed E-state index contributed by atoms with van der Waals surface area (Å²) in [5.74, 6) is -0.737. The zero-order valence-electron chi connectivity index (χ0n) is 17.2. The van der Waals surface area contributed by atoms with Gasteiger partial charge in [-0.3, -0.25) is 9.59 Å². The van der Waals surface area contributed by atoms with E-state index in [1.165, 1.54) is 24.1 Å². The number of primary amides is 1. The Balaban J connectivity index is 1.74. The standard InChI is InChI=1S/C21H25F3N4O3/c1-31-9-4-18(29)28-13-20(11-17(28)19(26)30)5-7-27(8-6-20)15-3-2-14(12-25)16(10-15)21(22,23)24/h2-3,10,17H,4-9,11,13H2,1H3,(H2,26,30). The Morgan fingerprint density at radius 2 is 2.00 bits per heavy atom. The SMILES string of the molecule is COCCC(=O)N1CC2(CCN(c3ccc(C#N)c(C(F)(F)F)c3)CC2)CC1C(N)=O. The van der Waals surface area contributed by atoms with Gasteiger partial charge < -0.3 is 20.3 Å². The van der Waals surface area contributed by atoms with E-state index in [1.807, 2.05) is 4.90 Å². The van der Waals surface area contributed by atoms with Crippen molar-refractivity contribution in [2.75, 3.05) is 38.3 Å². The van der Waals surface area contributed by atoms with Crippen LogP contribution in [-0.2, 0) is 20.5 Å². The van der Waals surface area contributed by atoms with Crippen molar-refractivity contribution < 1.29 is 27.5 Å². The molecule has 2 aliphatic heterocycles. The number of methoxy groups -OCH3 is 1. The second-order valence-electron chi connectivity index (χ2n) is 8.21. The van der Waals surface area contributed by atoms with Crippen LogP contribution in [-0.4, -0.2) is 56.1 Å². The first-order chi connectivity index (χ1) is 14.6. The zero-order valence-corrected chi connectivity index (χ0v) is 17.2. The van der Waals surface area contributed by atoms with Gasteiger partial charge in [-0.25, -0.2) is 0 Å². The number of nitriles is 1. The molecule has 10 heteroatoms. The average molecular weight is 438 g/mol. The van der Waals surface area contributed by atoms with Crippen LogP contribution in [0.4, 0.5) is 18.9 Å². The van der Waals surface area contributed by atoms with Crippen molar-refractivity contribution in [3.8, 4) is 6.07 Å². The molecule has 3 rings (SSSR count). The van der Waals surface area contributed by atoms with E-state index in [-0.39, 0.29) is 24.3 Å². The lowest BCUT2D eigenvalue weighted by molar-refractivity contribution is -0.138. The summed E-state index contributed by atoms with van der Waals surface area (Å²) < 4.78 is 44.8. The van der Waals surface area contributed by atoms with Crippen molar-refractivity contribution in [1.29, 1.82) is 5.26 Å². The van der Waals surface area contributed by atoms with E-state index in [2.05, 4.69) is 0 Å². The van der Waals surface area contributed by atoms with Gasteiger partial charge in [0.1, 0.15) is 6.04 Å². The number of rotatable bonds is 5. The Hall–Kier alpha value is -2.80. The minimum absolute atomic E-state index is 0.161. The minimum Gasteiger partial charge on any atom is -0.384 e. The van der Waals surface area contributed by atoms with Gasteiger partial charge in [-0.1, -0.05) is 0 Å². The first kappa shape index (κ1) is 22.9. The quantitative estimate of drug-likeness (QED) is 0.761. The Bertz CT molecular complexity index is 889. The number of ether oxygens (including phenoxy) is 1. The van der Waals surface area contributed by atoms with Crippen LogP contribution >= 0.6 is 0 Å². The Morgan fingerprint density at radius 1 is 1.32 bits per heavy atom. The molecule has 1 aromatic rings. The topological polar surface area (TPSA) is 99.7 Å². The van der Waals surface area contributed by atoms with Crippen LogP contribution in [0.1, 0.15) is 36.8 Å². The van der Waals surface area contributed by atoms with Crippen molar-refractivity contribution in [1.82, 2.24) is 4.90 Å². The van der Waals surface area contributed by atoms with Gasteiger partial charge in [-0.15, -0.1) is 0 Å². The molecule has 1 aromatic carbocycles. The summed E-state index contributed by atoms with van der Waals surface area (Å²) in [4.78, 5) is 27.8. The molecule has 1 spiro atoms. The number of hydrogen-bond donors (Lipinski definition) is 1. The summed E-state index contributed by atoms with van der Waals surface area (Å²) in [5, 5.41) is 8.97. The number of anilines is 1. The molecule has 0 radical (unpaired) electrons. The van der Waals surface area contributed by atoms with Gasteiger partial charge in [0.15, 0.2) is 0 Å².